The molecule has 0 fully saturated rings. The van der Waals surface area contributed by atoms with Gasteiger partial charge in [-0.25, -0.2) is 4.79 Å². The van der Waals surface area contributed by atoms with Gasteiger partial charge in [0.2, 0.25) is 0 Å². The predicted octanol–water partition coefficient (Wildman–Crippen LogP) is -0.0955. The van der Waals surface area contributed by atoms with Gasteiger partial charge in [0, 0.05) is 0 Å². The molecule has 4 nitrogen and oxygen atoms in total. The number of carboxylic acid groups (broad SMARTS) is 2. The molecule has 1 aromatic rings. The average molecular weight is 191 g/mol. The minimum Gasteiger partial charge on any atom is -0.545 e. The van der Waals surface area contributed by atoms with E-state index < -0.39 is 17.5 Å². The van der Waals surface area contributed by atoms with E-state index >= 15 is 0 Å². The summed E-state index contributed by atoms with van der Waals surface area (Å²) >= 11 is 0. The van der Waals surface area contributed by atoms with Crippen LogP contribution in [0.5, 0.6) is 0 Å². The van der Waals surface area contributed by atoms with Crippen LogP contribution in [0.3, 0.4) is 0 Å². The van der Waals surface area contributed by atoms with Crippen LogP contribution in [0.4, 0.5) is 0 Å². The van der Waals surface area contributed by atoms with Crippen molar-refractivity contribution in [1.82, 2.24) is 0 Å². The molecular formula is C10H7O4-. The molecule has 0 spiro atoms. The molecule has 0 radical (unpaired) electrons. The highest BCUT2D eigenvalue weighted by atomic mass is 16.4. The van der Waals surface area contributed by atoms with Crippen molar-refractivity contribution < 1.29 is 19.8 Å². The third-order valence-corrected chi connectivity index (χ3v) is 1.56. The van der Waals surface area contributed by atoms with E-state index in [2.05, 4.69) is 0 Å². The predicted molar refractivity (Wildman–Crippen MR) is 47.1 cm³/mol. The maximum absolute atomic E-state index is 10.5. The summed E-state index contributed by atoms with van der Waals surface area (Å²) in [6.07, 6.45) is 1.05. The SMILES string of the molecule is O=C([O-])C(=Cc1ccccc1)C(=O)O. The van der Waals surface area contributed by atoms with Crippen molar-refractivity contribution >= 4 is 18.0 Å². The molecule has 0 aliphatic rings. The first kappa shape index (κ1) is 9.98. The highest BCUT2D eigenvalue weighted by Crippen LogP contribution is 2.05. The minimum absolute atomic E-state index is 0.508. The van der Waals surface area contributed by atoms with Gasteiger partial charge in [0.15, 0.2) is 0 Å². The summed E-state index contributed by atoms with van der Waals surface area (Å²) in [6.45, 7) is 0. The van der Waals surface area contributed by atoms with Crippen molar-refractivity contribution in [2.75, 3.05) is 0 Å². The van der Waals surface area contributed by atoms with Crippen LogP contribution in [0.1, 0.15) is 5.56 Å². The van der Waals surface area contributed by atoms with Crippen LogP contribution in [0, 0.1) is 0 Å². The van der Waals surface area contributed by atoms with Gasteiger partial charge < -0.3 is 15.0 Å². The summed E-state index contributed by atoms with van der Waals surface area (Å²) < 4.78 is 0. The maximum atomic E-state index is 10.5. The summed E-state index contributed by atoms with van der Waals surface area (Å²) in [7, 11) is 0. The molecule has 0 bridgehead atoms. The number of hydrogen-bond acceptors (Lipinski definition) is 3. The second-order valence-corrected chi connectivity index (χ2v) is 2.56. The standard InChI is InChI=1S/C10H8O4/c11-9(12)8(10(13)14)6-7-4-2-1-3-5-7/h1-6H,(H,11,12)(H,13,14)/p-1. The molecule has 0 atom stereocenters. The van der Waals surface area contributed by atoms with Crippen molar-refractivity contribution in [3.05, 3.63) is 41.5 Å². The Morgan fingerprint density at radius 1 is 1.21 bits per heavy atom. The molecule has 72 valence electrons. The lowest BCUT2D eigenvalue weighted by Gasteiger charge is -2.02. The fourth-order valence-corrected chi connectivity index (χ4v) is 0.924. The summed E-state index contributed by atoms with van der Waals surface area (Å²) in [5, 5.41) is 18.9. The molecule has 0 saturated heterocycles. The zero-order valence-electron chi connectivity index (χ0n) is 7.14. The smallest absolute Gasteiger partial charge is 0.337 e. The molecule has 1 rings (SSSR count). The van der Waals surface area contributed by atoms with Crippen molar-refractivity contribution in [3.8, 4) is 0 Å². The van der Waals surface area contributed by atoms with Crippen LogP contribution in [0.2, 0.25) is 0 Å². The summed E-state index contributed by atoms with van der Waals surface area (Å²) in [6, 6.07) is 8.32. The molecule has 0 aromatic heterocycles. The molecule has 14 heavy (non-hydrogen) atoms. The second-order valence-electron chi connectivity index (χ2n) is 2.56. The lowest BCUT2D eigenvalue weighted by Crippen LogP contribution is -2.28. The van der Waals surface area contributed by atoms with Crippen LogP contribution in [-0.4, -0.2) is 17.0 Å². The van der Waals surface area contributed by atoms with Gasteiger partial charge in [0.25, 0.3) is 0 Å². The Bertz CT molecular complexity index is 362. The molecular weight excluding hydrogens is 184 g/mol. The van der Waals surface area contributed by atoms with E-state index in [0.29, 0.717) is 5.56 Å². The lowest BCUT2D eigenvalue weighted by atomic mass is 10.1. The van der Waals surface area contributed by atoms with E-state index in [0.717, 1.165) is 6.08 Å². The second kappa shape index (κ2) is 4.23. The van der Waals surface area contributed by atoms with Gasteiger partial charge in [-0.15, -0.1) is 0 Å². The van der Waals surface area contributed by atoms with E-state index in [1.165, 1.54) is 0 Å². The normalized spacial score (nSPS) is 11.0. The number of rotatable bonds is 3. The van der Waals surface area contributed by atoms with E-state index in [1.54, 1.807) is 30.3 Å². The molecule has 0 amide bonds. The van der Waals surface area contributed by atoms with E-state index in [1.807, 2.05) is 0 Å². The number of carboxylic acids is 2. The first-order valence-corrected chi connectivity index (χ1v) is 3.82. The van der Waals surface area contributed by atoms with Gasteiger partial charge in [0.1, 0.15) is 0 Å². The van der Waals surface area contributed by atoms with Gasteiger partial charge in [-0.3, -0.25) is 0 Å². The van der Waals surface area contributed by atoms with Gasteiger partial charge >= 0.3 is 5.97 Å². The topological polar surface area (TPSA) is 77.4 Å². The quantitative estimate of drug-likeness (QED) is 0.411. The molecule has 0 saturated carbocycles. The van der Waals surface area contributed by atoms with Crippen LogP contribution >= 0.6 is 0 Å². The third-order valence-electron chi connectivity index (χ3n) is 1.56. The van der Waals surface area contributed by atoms with Crippen LogP contribution < -0.4 is 5.11 Å². The monoisotopic (exact) mass is 191 g/mol. The summed E-state index contributed by atoms with van der Waals surface area (Å²) in [5.41, 5.74) is -0.245. The Labute approximate surface area is 80.1 Å². The minimum atomic E-state index is -1.69. The zero-order valence-corrected chi connectivity index (χ0v) is 7.14. The van der Waals surface area contributed by atoms with Gasteiger partial charge in [-0.1, -0.05) is 30.3 Å². The number of aliphatic carboxylic acids is 2. The summed E-state index contributed by atoms with van der Waals surface area (Å²) in [4.78, 5) is 20.8. The molecule has 0 unspecified atom stereocenters. The van der Waals surface area contributed by atoms with E-state index in [-0.39, 0.29) is 0 Å². The number of benzene rings is 1. The van der Waals surface area contributed by atoms with Crippen LogP contribution in [0.25, 0.3) is 6.08 Å². The molecule has 1 aromatic carbocycles. The average Bonchev–Trinajstić information content (AvgIpc) is 2.15. The maximum Gasteiger partial charge on any atom is 0.337 e. The lowest BCUT2D eigenvalue weighted by molar-refractivity contribution is -0.298. The zero-order chi connectivity index (χ0) is 10.6. The molecule has 0 aliphatic carbocycles. The highest BCUT2D eigenvalue weighted by molar-refractivity contribution is 6.15. The Kier molecular flexibility index (Phi) is 3.01. The molecule has 0 heterocycles. The van der Waals surface area contributed by atoms with Gasteiger partial charge in [-0.2, -0.15) is 0 Å². The van der Waals surface area contributed by atoms with E-state index in [4.69, 9.17) is 5.11 Å². The number of carbonyl (C=O) groups is 2. The fourth-order valence-electron chi connectivity index (χ4n) is 0.924. The van der Waals surface area contributed by atoms with Crippen molar-refractivity contribution in [3.63, 3.8) is 0 Å². The number of hydrogen-bond donors (Lipinski definition) is 1. The Balaban J connectivity index is 3.06. The van der Waals surface area contributed by atoms with Crippen molar-refractivity contribution in [1.29, 1.82) is 0 Å². The Morgan fingerprint density at radius 2 is 1.79 bits per heavy atom. The number of carbonyl (C=O) groups excluding carboxylic acids is 1. The van der Waals surface area contributed by atoms with Crippen LogP contribution in [-0.2, 0) is 9.59 Å². The van der Waals surface area contributed by atoms with Gasteiger partial charge in [0.05, 0.1) is 11.5 Å². The first-order chi connectivity index (χ1) is 6.61. The molecule has 4 heteroatoms. The third kappa shape index (κ3) is 2.45. The first-order valence-electron chi connectivity index (χ1n) is 3.82. The van der Waals surface area contributed by atoms with Crippen molar-refractivity contribution in [2.45, 2.75) is 0 Å². The molecule has 0 aliphatic heterocycles. The van der Waals surface area contributed by atoms with Crippen molar-refractivity contribution in [2.24, 2.45) is 0 Å². The Hall–Kier alpha value is -2.10. The summed E-state index contributed by atoms with van der Waals surface area (Å²) in [5.74, 6) is -3.20. The molecule has 1 N–H and O–H groups in total. The fraction of sp³-hybridized carbons (Fsp3) is 0. The van der Waals surface area contributed by atoms with E-state index in [9.17, 15) is 14.7 Å². The van der Waals surface area contributed by atoms with Gasteiger partial charge in [-0.05, 0) is 11.6 Å². The Morgan fingerprint density at radius 3 is 2.21 bits per heavy atom. The largest absolute Gasteiger partial charge is 0.545 e. The highest BCUT2D eigenvalue weighted by Gasteiger charge is 2.07. The van der Waals surface area contributed by atoms with Crippen LogP contribution in [0.15, 0.2) is 35.9 Å².